The quantitative estimate of drug-likeness (QED) is 0.253. The van der Waals surface area contributed by atoms with E-state index in [1.54, 1.807) is 38.1 Å². The Bertz CT molecular complexity index is 1180. The van der Waals surface area contributed by atoms with Crippen LogP contribution in [0.4, 0.5) is 5.69 Å². The van der Waals surface area contributed by atoms with Crippen molar-refractivity contribution in [1.82, 2.24) is 4.57 Å². The molecule has 9 heteroatoms. The van der Waals surface area contributed by atoms with Gasteiger partial charge in [-0.15, -0.1) is 0 Å². The van der Waals surface area contributed by atoms with Gasteiger partial charge in [0.2, 0.25) is 5.88 Å². The minimum Gasteiger partial charge on any atom is -0.493 e. The van der Waals surface area contributed by atoms with Gasteiger partial charge in [0.05, 0.1) is 30.7 Å². The van der Waals surface area contributed by atoms with E-state index >= 15 is 0 Å². The van der Waals surface area contributed by atoms with Crippen molar-refractivity contribution in [3.8, 4) is 5.88 Å². The maximum Gasteiger partial charge on any atom is 0.338 e. The summed E-state index contributed by atoms with van der Waals surface area (Å²) >= 11 is 6.60. The third-order valence-corrected chi connectivity index (χ3v) is 6.02. The molecule has 172 valence electrons. The molecule has 0 radical (unpaired) electrons. The van der Waals surface area contributed by atoms with Gasteiger partial charge >= 0.3 is 11.9 Å². The number of ether oxygens (including phenoxy) is 2. The molecule has 0 saturated carbocycles. The molecule has 0 amide bonds. The first-order chi connectivity index (χ1) is 15.9. The second-order valence-corrected chi connectivity index (χ2v) is 8.58. The second-order valence-electron chi connectivity index (χ2n) is 6.91. The van der Waals surface area contributed by atoms with E-state index in [1.165, 1.54) is 10.8 Å². The lowest BCUT2D eigenvalue weighted by Gasteiger charge is -2.18. The van der Waals surface area contributed by atoms with E-state index in [0.717, 1.165) is 16.9 Å². The van der Waals surface area contributed by atoms with Crippen LogP contribution in [0.1, 0.15) is 40.7 Å². The Kier molecular flexibility index (Phi) is 8.51. The van der Waals surface area contributed by atoms with E-state index in [9.17, 15) is 14.7 Å². The number of rotatable bonds is 9. The van der Waals surface area contributed by atoms with E-state index in [4.69, 9.17) is 21.7 Å². The van der Waals surface area contributed by atoms with E-state index in [1.807, 2.05) is 30.3 Å². The number of carbonyl (C=O) groups excluding carboxylic acids is 2. The molecule has 0 saturated heterocycles. The van der Waals surface area contributed by atoms with Gasteiger partial charge in [0.15, 0.2) is 3.95 Å². The summed E-state index contributed by atoms with van der Waals surface area (Å²) in [7, 11) is 0. The summed E-state index contributed by atoms with van der Waals surface area (Å²) in [6.07, 6.45) is 1.81. The van der Waals surface area contributed by atoms with Crippen molar-refractivity contribution in [2.75, 3.05) is 13.2 Å². The van der Waals surface area contributed by atoms with Crippen LogP contribution in [0.5, 0.6) is 5.88 Å². The fourth-order valence-electron chi connectivity index (χ4n) is 3.14. The largest absolute Gasteiger partial charge is 0.493 e. The fourth-order valence-corrected chi connectivity index (χ4v) is 4.42. The normalized spacial score (nSPS) is 11.9. The first-order valence-electron chi connectivity index (χ1n) is 10.4. The maximum atomic E-state index is 12.7. The second kappa shape index (κ2) is 11.5. The van der Waals surface area contributed by atoms with E-state index in [2.05, 4.69) is 4.99 Å². The van der Waals surface area contributed by atoms with Crippen LogP contribution < -0.4 is 0 Å². The number of benzene rings is 2. The Morgan fingerprint density at radius 1 is 1.09 bits per heavy atom. The zero-order valence-corrected chi connectivity index (χ0v) is 19.9. The summed E-state index contributed by atoms with van der Waals surface area (Å²) in [6, 6.07) is 15.3. The SMILES string of the molecule is CCOC(=O)c1ccc(N=Cc2sc(=S)n([C@H](Cc3ccccc3)C(=O)OCC)c2O)cc1. The highest BCUT2D eigenvalue weighted by Gasteiger charge is 2.27. The first-order valence-corrected chi connectivity index (χ1v) is 11.6. The summed E-state index contributed by atoms with van der Waals surface area (Å²) in [5, 5.41) is 10.9. The van der Waals surface area contributed by atoms with Crippen molar-refractivity contribution in [1.29, 1.82) is 0 Å². The van der Waals surface area contributed by atoms with Crippen LogP contribution in [0.15, 0.2) is 59.6 Å². The summed E-state index contributed by atoms with van der Waals surface area (Å²) in [4.78, 5) is 29.3. The van der Waals surface area contributed by atoms with Crippen molar-refractivity contribution in [2.24, 2.45) is 4.99 Å². The molecule has 3 rings (SSSR count). The van der Waals surface area contributed by atoms with Crippen LogP contribution in [0.25, 0.3) is 0 Å². The number of hydrogen-bond donors (Lipinski definition) is 1. The minimum atomic E-state index is -0.804. The van der Waals surface area contributed by atoms with Gasteiger partial charge in [-0.25, -0.2) is 9.59 Å². The van der Waals surface area contributed by atoms with Crippen LogP contribution in [0.2, 0.25) is 0 Å². The highest BCUT2D eigenvalue weighted by molar-refractivity contribution is 7.73. The molecule has 7 nitrogen and oxygen atoms in total. The molecule has 1 N–H and O–H groups in total. The molecule has 0 spiro atoms. The van der Waals surface area contributed by atoms with Gasteiger partial charge < -0.3 is 14.6 Å². The molecular formula is C24H24N2O5S2. The van der Waals surface area contributed by atoms with Crippen LogP contribution in [0.3, 0.4) is 0 Å². The summed E-state index contributed by atoms with van der Waals surface area (Å²) < 4.78 is 12.0. The topological polar surface area (TPSA) is 90.1 Å². The Labute approximate surface area is 200 Å². The molecule has 2 aromatic carbocycles. The van der Waals surface area contributed by atoms with Crippen molar-refractivity contribution in [3.05, 3.63) is 74.6 Å². The van der Waals surface area contributed by atoms with Crippen molar-refractivity contribution < 1.29 is 24.2 Å². The molecule has 1 heterocycles. The molecule has 0 fully saturated rings. The predicted molar refractivity (Wildman–Crippen MR) is 130 cm³/mol. The number of aromatic hydroxyl groups is 1. The monoisotopic (exact) mass is 484 g/mol. The average molecular weight is 485 g/mol. The Morgan fingerprint density at radius 2 is 1.76 bits per heavy atom. The smallest absolute Gasteiger partial charge is 0.338 e. The van der Waals surface area contributed by atoms with E-state index < -0.39 is 18.0 Å². The van der Waals surface area contributed by atoms with Crippen molar-refractivity contribution in [2.45, 2.75) is 26.3 Å². The van der Waals surface area contributed by atoms with Gasteiger partial charge in [0, 0.05) is 6.42 Å². The Balaban J connectivity index is 1.87. The van der Waals surface area contributed by atoms with Gasteiger partial charge in [-0.05, 0) is 55.9 Å². The lowest BCUT2D eigenvalue weighted by atomic mass is 10.1. The van der Waals surface area contributed by atoms with Crippen LogP contribution in [0, 0.1) is 3.95 Å². The molecule has 1 aromatic heterocycles. The lowest BCUT2D eigenvalue weighted by Crippen LogP contribution is -2.24. The molecule has 0 bridgehead atoms. The zero-order valence-electron chi connectivity index (χ0n) is 18.3. The molecule has 33 heavy (non-hydrogen) atoms. The van der Waals surface area contributed by atoms with E-state index in [0.29, 0.717) is 33.1 Å². The standard InChI is InChI=1S/C24H24N2O5S2/c1-3-30-22(28)17-10-12-18(13-11-17)25-15-20-21(27)26(24(32)33-20)19(23(29)31-4-2)14-16-8-6-5-7-9-16/h5-13,15,19,27H,3-4,14H2,1-2H3/t19-/m1/s1. The number of nitrogens with zero attached hydrogens (tertiary/aromatic N) is 2. The van der Waals surface area contributed by atoms with E-state index in [-0.39, 0.29) is 12.5 Å². The zero-order chi connectivity index (χ0) is 23.8. The lowest BCUT2D eigenvalue weighted by molar-refractivity contribution is -0.147. The first kappa shape index (κ1) is 24.3. The predicted octanol–water partition coefficient (Wildman–Crippen LogP) is 5.26. The Hall–Kier alpha value is -3.30. The Morgan fingerprint density at radius 3 is 2.39 bits per heavy atom. The third-order valence-electron chi connectivity index (χ3n) is 4.69. The fraction of sp³-hybridized carbons (Fsp3) is 0.250. The average Bonchev–Trinajstić information content (AvgIpc) is 3.10. The van der Waals surface area contributed by atoms with Crippen LogP contribution >= 0.6 is 23.6 Å². The maximum absolute atomic E-state index is 12.7. The third kappa shape index (κ3) is 6.15. The number of aromatic nitrogens is 1. The molecule has 0 unspecified atom stereocenters. The summed E-state index contributed by atoms with van der Waals surface area (Å²) in [5.41, 5.74) is 1.93. The number of hydrogen-bond acceptors (Lipinski definition) is 8. The van der Waals surface area contributed by atoms with Gasteiger partial charge in [-0.1, -0.05) is 41.7 Å². The summed E-state index contributed by atoms with van der Waals surface area (Å²) in [5.74, 6) is -1.02. The van der Waals surface area contributed by atoms with Crippen molar-refractivity contribution >= 4 is 47.4 Å². The van der Waals surface area contributed by atoms with Gasteiger partial charge in [0.25, 0.3) is 0 Å². The summed E-state index contributed by atoms with van der Waals surface area (Å²) in [6.45, 7) is 4.00. The van der Waals surface area contributed by atoms with Crippen LogP contribution in [-0.4, -0.2) is 41.0 Å². The molecule has 0 aliphatic heterocycles. The highest BCUT2D eigenvalue weighted by atomic mass is 32.1. The van der Waals surface area contributed by atoms with Crippen LogP contribution in [-0.2, 0) is 20.7 Å². The molecule has 0 aliphatic carbocycles. The van der Waals surface area contributed by atoms with Gasteiger partial charge in [0.1, 0.15) is 10.9 Å². The number of thiazole rings is 1. The highest BCUT2D eigenvalue weighted by Crippen LogP contribution is 2.31. The van der Waals surface area contributed by atoms with Crippen molar-refractivity contribution in [3.63, 3.8) is 0 Å². The molecular weight excluding hydrogens is 460 g/mol. The number of aliphatic imine (C=N–C) groups is 1. The number of carbonyl (C=O) groups is 2. The van der Waals surface area contributed by atoms with Gasteiger partial charge in [-0.3, -0.25) is 9.56 Å². The minimum absolute atomic E-state index is 0.147. The number of esters is 2. The molecule has 0 aliphatic rings. The molecule has 3 aromatic rings. The van der Waals surface area contributed by atoms with Gasteiger partial charge in [-0.2, -0.15) is 0 Å². The molecule has 1 atom stereocenters.